The van der Waals surface area contributed by atoms with Crippen molar-refractivity contribution in [3.05, 3.63) is 47.0 Å². The third-order valence-electron chi connectivity index (χ3n) is 3.11. The molecule has 8 heteroatoms. The van der Waals surface area contributed by atoms with Crippen LogP contribution in [0.2, 0.25) is 0 Å². The molecule has 0 bridgehead atoms. The number of fused-ring (bicyclic) bond motifs is 1. The molecule has 0 spiro atoms. The summed E-state index contributed by atoms with van der Waals surface area (Å²) in [6.45, 7) is 5.39. The van der Waals surface area contributed by atoms with Gasteiger partial charge in [0.1, 0.15) is 16.9 Å². The quantitative estimate of drug-likeness (QED) is 0.676. The first kappa shape index (κ1) is 16.6. The van der Waals surface area contributed by atoms with E-state index in [0.717, 1.165) is 0 Å². The zero-order chi connectivity index (χ0) is 18.0. The molecule has 0 atom stereocenters. The van der Waals surface area contributed by atoms with E-state index in [-0.39, 0.29) is 5.69 Å². The lowest BCUT2D eigenvalue weighted by atomic mass is 10.2. The van der Waals surface area contributed by atoms with Gasteiger partial charge in [0, 0.05) is 18.0 Å². The predicted molar refractivity (Wildman–Crippen MR) is 93.1 cm³/mol. The average Bonchev–Trinajstić information content (AvgIpc) is 2.88. The number of hydrogen-bond acceptors (Lipinski definition) is 5. The molecule has 1 amide bonds. The minimum atomic E-state index is -0.562. The summed E-state index contributed by atoms with van der Waals surface area (Å²) >= 11 is 0. The normalized spacial score (nSPS) is 11.3. The van der Waals surface area contributed by atoms with E-state index < -0.39 is 11.7 Å². The number of amides is 1. The number of aromatic nitrogens is 3. The fraction of sp³-hybridized carbons (Fsp3) is 0.235. The maximum absolute atomic E-state index is 11.7. The number of rotatable bonds is 3. The fourth-order valence-corrected chi connectivity index (χ4v) is 2.15. The lowest BCUT2D eigenvalue weighted by Gasteiger charge is -2.19. The molecular weight excluding hydrogens is 324 g/mol. The summed E-state index contributed by atoms with van der Waals surface area (Å²) < 4.78 is 11.0. The van der Waals surface area contributed by atoms with Gasteiger partial charge in [0.2, 0.25) is 0 Å². The monoisotopic (exact) mass is 342 g/mol. The third kappa shape index (κ3) is 4.17. The predicted octanol–water partition coefficient (Wildman–Crippen LogP) is 3.39. The minimum absolute atomic E-state index is 0.351. The van der Waals surface area contributed by atoms with Crippen molar-refractivity contribution in [3.63, 3.8) is 0 Å². The lowest BCUT2D eigenvalue weighted by molar-refractivity contribution is 0.0636. The van der Waals surface area contributed by atoms with Crippen molar-refractivity contribution < 1.29 is 14.3 Å². The summed E-state index contributed by atoms with van der Waals surface area (Å²) in [6.07, 6.45) is 1.02. The molecule has 0 radical (unpaired) electrons. The van der Waals surface area contributed by atoms with Gasteiger partial charge in [0.15, 0.2) is 11.4 Å². The number of nitrogens with zero attached hydrogens (tertiary/aromatic N) is 1. The van der Waals surface area contributed by atoms with Gasteiger partial charge < -0.3 is 14.5 Å². The van der Waals surface area contributed by atoms with Gasteiger partial charge in [-0.3, -0.25) is 10.3 Å². The van der Waals surface area contributed by atoms with Crippen LogP contribution >= 0.6 is 0 Å². The second-order valence-corrected chi connectivity index (χ2v) is 6.37. The Balaban J connectivity index is 1.72. The van der Waals surface area contributed by atoms with E-state index in [0.29, 0.717) is 28.4 Å². The van der Waals surface area contributed by atoms with Gasteiger partial charge in [-0.1, -0.05) is 0 Å². The van der Waals surface area contributed by atoms with E-state index >= 15 is 0 Å². The number of anilines is 1. The maximum Gasteiger partial charge on any atom is 0.412 e. The Bertz CT molecular complexity index is 951. The van der Waals surface area contributed by atoms with E-state index in [1.165, 1.54) is 0 Å². The SMILES string of the molecule is CC(C)(C)OC(=O)Nc1ccc(Oc2ccnc3[nH]c(=O)[nH]c23)cc1. The highest BCUT2D eigenvalue weighted by molar-refractivity contribution is 5.85. The lowest BCUT2D eigenvalue weighted by Crippen LogP contribution is -2.27. The van der Waals surface area contributed by atoms with Crippen molar-refractivity contribution in [2.75, 3.05) is 5.32 Å². The second kappa shape index (κ2) is 6.31. The summed E-state index contributed by atoms with van der Waals surface area (Å²) in [6, 6.07) is 8.43. The molecule has 0 unspecified atom stereocenters. The van der Waals surface area contributed by atoms with E-state index in [1.54, 1.807) is 57.3 Å². The third-order valence-corrected chi connectivity index (χ3v) is 3.11. The van der Waals surface area contributed by atoms with Crippen LogP contribution < -0.4 is 15.7 Å². The van der Waals surface area contributed by atoms with Crippen molar-refractivity contribution in [1.82, 2.24) is 15.0 Å². The number of nitrogens with one attached hydrogen (secondary N) is 3. The first-order chi connectivity index (χ1) is 11.8. The highest BCUT2D eigenvalue weighted by Crippen LogP contribution is 2.27. The Labute approximate surface area is 143 Å². The van der Waals surface area contributed by atoms with Crippen molar-refractivity contribution in [1.29, 1.82) is 0 Å². The first-order valence-corrected chi connectivity index (χ1v) is 7.65. The number of ether oxygens (including phenoxy) is 2. The van der Waals surface area contributed by atoms with Crippen LogP contribution in [-0.2, 0) is 4.74 Å². The maximum atomic E-state index is 11.7. The van der Waals surface area contributed by atoms with Crippen molar-refractivity contribution in [2.45, 2.75) is 26.4 Å². The Morgan fingerprint density at radius 1 is 1.12 bits per heavy atom. The molecule has 25 heavy (non-hydrogen) atoms. The van der Waals surface area contributed by atoms with Crippen LogP contribution in [0.4, 0.5) is 10.5 Å². The number of imidazole rings is 1. The highest BCUT2D eigenvalue weighted by Gasteiger charge is 2.16. The Morgan fingerprint density at radius 2 is 1.84 bits per heavy atom. The Morgan fingerprint density at radius 3 is 2.52 bits per heavy atom. The fourth-order valence-electron chi connectivity index (χ4n) is 2.15. The molecular formula is C17H18N4O4. The zero-order valence-electron chi connectivity index (χ0n) is 14.0. The van der Waals surface area contributed by atoms with Gasteiger partial charge in [-0.05, 0) is 45.0 Å². The average molecular weight is 342 g/mol. The number of benzene rings is 1. The topological polar surface area (TPSA) is 109 Å². The van der Waals surface area contributed by atoms with Crippen LogP contribution in [0, 0.1) is 0 Å². The summed E-state index contributed by atoms with van der Waals surface area (Å²) in [5.74, 6) is 1.01. The van der Waals surface area contributed by atoms with Crippen LogP contribution in [0.15, 0.2) is 41.3 Å². The van der Waals surface area contributed by atoms with Crippen molar-refractivity contribution >= 4 is 22.9 Å². The highest BCUT2D eigenvalue weighted by atomic mass is 16.6. The molecule has 2 aromatic heterocycles. The van der Waals surface area contributed by atoms with Gasteiger partial charge in [0.25, 0.3) is 0 Å². The van der Waals surface area contributed by atoms with Crippen LogP contribution in [0.1, 0.15) is 20.8 Å². The molecule has 0 fully saturated rings. The van der Waals surface area contributed by atoms with Crippen LogP contribution in [0.3, 0.4) is 0 Å². The van der Waals surface area contributed by atoms with Gasteiger partial charge in [-0.15, -0.1) is 0 Å². The van der Waals surface area contributed by atoms with Crippen molar-refractivity contribution in [2.24, 2.45) is 0 Å². The van der Waals surface area contributed by atoms with Gasteiger partial charge >= 0.3 is 11.8 Å². The number of H-pyrrole nitrogens is 2. The number of aromatic amines is 2. The number of hydrogen-bond donors (Lipinski definition) is 3. The molecule has 2 heterocycles. The molecule has 0 aliphatic heterocycles. The molecule has 3 aromatic rings. The molecule has 0 aliphatic rings. The van der Waals surface area contributed by atoms with Gasteiger partial charge in [0.05, 0.1) is 0 Å². The summed E-state index contributed by atoms with van der Waals surface area (Å²) in [5, 5.41) is 2.64. The Kier molecular flexibility index (Phi) is 4.18. The van der Waals surface area contributed by atoms with Gasteiger partial charge in [-0.2, -0.15) is 0 Å². The van der Waals surface area contributed by atoms with Gasteiger partial charge in [-0.25, -0.2) is 14.6 Å². The zero-order valence-corrected chi connectivity index (χ0v) is 14.0. The van der Waals surface area contributed by atoms with E-state index in [9.17, 15) is 9.59 Å². The molecule has 1 aromatic carbocycles. The largest absolute Gasteiger partial charge is 0.455 e. The molecule has 0 saturated carbocycles. The number of carbonyl (C=O) groups excluding carboxylic acids is 1. The number of carbonyl (C=O) groups is 1. The Hall–Kier alpha value is -3.29. The summed E-state index contributed by atoms with van der Waals surface area (Å²) in [7, 11) is 0. The van der Waals surface area contributed by atoms with Crippen molar-refractivity contribution in [3.8, 4) is 11.5 Å². The summed E-state index contributed by atoms with van der Waals surface area (Å²) in [5.41, 5.74) is 0.578. The standard InChI is InChI=1S/C17H18N4O4/c1-17(2,3)25-16(23)19-10-4-6-11(7-5-10)24-12-8-9-18-14-13(12)20-15(22)21-14/h4-9H,1-3H3,(H,19,23)(H2,18,20,21,22). The molecule has 130 valence electrons. The van der Waals surface area contributed by atoms with Crippen LogP contribution in [0.5, 0.6) is 11.5 Å². The molecule has 3 N–H and O–H groups in total. The van der Waals surface area contributed by atoms with E-state index in [1.807, 2.05) is 0 Å². The van der Waals surface area contributed by atoms with Crippen LogP contribution in [-0.4, -0.2) is 26.6 Å². The molecule has 0 saturated heterocycles. The van der Waals surface area contributed by atoms with E-state index in [2.05, 4.69) is 20.3 Å². The van der Waals surface area contributed by atoms with Crippen LogP contribution in [0.25, 0.3) is 11.2 Å². The second-order valence-electron chi connectivity index (χ2n) is 6.37. The minimum Gasteiger partial charge on any atom is -0.455 e. The number of pyridine rings is 1. The van der Waals surface area contributed by atoms with E-state index in [4.69, 9.17) is 9.47 Å². The first-order valence-electron chi connectivity index (χ1n) is 7.65. The summed E-state index contributed by atoms with van der Waals surface area (Å²) in [4.78, 5) is 32.4. The smallest absolute Gasteiger partial charge is 0.412 e. The molecule has 0 aliphatic carbocycles. The molecule has 8 nitrogen and oxygen atoms in total. The molecule has 3 rings (SSSR count).